The standard InChI is InChI=1S/C11H16N4O2/c16-7-2-4-15(6-7)11(17)10-8-5-12-3-1-9(8)13-14-10/h7,12,16H,1-6H2,(H,13,14)/t7-/m0/s1. The maximum absolute atomic E-state index is 12.2. The van der Waals surface area contributed by atoms with Crippen LogP contribution in [0.3, 0.4) is 0 Å². The molecule has 2 aliphatic heterocycles. The van der Waals surface area contributed by atoms with E-state index >= 15 is 0 Å². The Bertz CT molecular complexity index is 443. The molecule has 1 amide bonds. The largest absolute Gasteiger partial charge is 0.391 e. The lowest BCUT2D eigenvalue weighted by atomic mass is 10.1. The van der Waals surface area contributed by atoms with Crippen LogP contribution in [0.15, 0.2) is 0 Å². The van der Waals surface area contributed by atoms with Crippen LogP contribution in [-0.2, 0) is 13.0 Å². The van der Waals surface area contributed by atoms with Crippen molar-refractivity contribution in [2.45, 2.75) is 25.5 Å². The van der Waals surface area contributed by atoms with Crippen LogP contribution in [0.1, 0.15) is 28.2 Å². The van der Waals surface area contributed by atoms with Crippen molar-refractivity contribution in [3.05, 3.63) is 17.0 Å². The van der Waals surface area contributed by atoms with Gasteiger partial charge in [0.25, 0.3) is 5.91 Å². The lowest BCUT2D eigenvalue weighted by Gasteiger charge is -2.17. The topological polar surface area (TPSA) is 81.2 Å². The molecule has 3 rings (SSSR count). The second-order valence-electron chi connectivity index (χ2n) is 4.65. The molecule has 0 aromatic carbocycles. The number of aromatic nitrogens is 2. The van der Waals surface area contributed by atoms with Gasteiger partial charge in [-0.1, -0.05) is 0 Å². The number of nitrogens with zero attached hydrogens (tertiary/aromatic N) is 2. The summed E-state index contributed by atoms with van der Waals surface area (Å²) in [6.45, 7) is 2.66. The molecule has 1 aromatic rings. The minimum Gasteiger partial charge on any atom is -0.391 e. The number of likely N-dealkylation sites (tertiary alicyclic amines) is 1. The van der Waals surface area contributed by atoms with Crippen molar-refractivity contribution in [3.63, 3.8) is 0 Å². The summed E-state index contributed by atoms with van der Waals surface area (Å²) in [5, 5.41) is 19.8. The molecule has 1 saturated heterocycles. The zero-order valence-electron chi connectivity index (χ0n) is 9.57. The van der Waals surface area contributed by atoms with Gasteiger partial charge in [0.15, 0.2) is 5.69 Å². The summed E-state index contributed by atoms with van der Waals surface area (Å²) in [4.78, 5) is 13.9. The normalized spacial score (nSPS) is 23.8. The highest BCUT2D eigenvalue weighted by Gasteiger charge is 2.29. The first-order chi connectivity index (χ1) is 8.25. The third kappa shape index (κ3) is 1.83. The van der Waals surface area contributed by atoms with Gasteiger partial charge in [-0.3, -0.25) is 9.89 Å². The number of aromatic amines is 1. The third-order valence-corrected chi connectivity index (χ3v) is 3.46. The van der Waals surface area contributed by atoms with Crippen molar-refractivity contribution in [2.75, 3.05) is 19.6 Å². The molecule has 0 unspecified atom stereocenters. The van der Waals surface area contributed by atoms with Crippen LogP contribution in [-0.4, -0.2) is 51.8 Å². The molecule has 0 aliphatic carbocycles. The van der Waals surface area contributed by atoms with Crippen molar-refractivity contribution in [1.82, 2.24) is 20.4 Å². The monoisotopic (exact) mass is 236 g/mol. The number of fused-ring (bicyclic) bond motifs is 1. The highest BCUT2D eigenvalue weighted by atomic mass is 16.3. The molecule has 6 nitrogen and oxygen atoms in total. The van der Waals surface area contributed by atoms with Gasteiger partial charge in [-0.25, -0.2) is 0 Å². The Hall–Kier alpha value is -1.40. The van der Waals surface area contributed by atoms with Crippen molar-refractivity contribution in [3.8, 4) is 0 Å². The molecule has 17 heavy (non-hydrogen) atoms. The maximum Gasteiger partial charge on any atom is 0.274 e. The van der Waals surface area contributed by atoms with Gasteiger partial charge in [-0.2, -0.15) is 5.10 Å². The Labute approximate surface area is 99.0 Å². The lowest BCUT2D eigenvalue weighted by Crippen LogP contribution is -2.32. The SMILES string of the molecule is O=C(c1n[nH]c2c1CNCC2)N1CC[C@H](O)C1. The predicted molar refractivity (Wildman–Crippen MR) is 60.5 cm³/mol. The van der Waals surface area contributed by atoms with E-state index in [4.69, 9.17) is 0 Å². The second-order valence-corrected chi connectivity index (χ2v) is 4.65. The fraction of sp³-hybridized carbons (Fsp3) is 0.636. The minimum atomic E-state index is -0.383. The number of hydrogen-bond donors (Lipinski definition) is 3. The zero-order valence-corrected chi connectivity index (χ0v) is 9.57. The van der Waals surface area contributed by atoms with Gasteiger partial charge >= 0.3 is 0 Å². The Balaban J connectivity index is 1.84. The van der Waals surface area contributed by atoms with E-state index in [0.717, 1.165) is 24.2 Å². The van der Waals surface area contributed by atoms with Gasteiger partial charge in [-0.15, -0.1) is 0 Å². The number of β-amino-alcohol motifs (C(OH)–C–C–N with tert-alkyl or cyclic N) is 1. The summed E-state index contributed by atoms with van der Waals surface area (Å²) in [5.41, 5.74) is 2.57. The summed E-state index contributed by atoms with van der Waals surface area (Å²) in [6.07, 6.45) is 1.17. The van der Waals surface area contributed by atoms with Gasteiger partial charge < -0.3 is 15.3 Å². The van der Waals surface area contributed by atoms with Crippen molar-refractivity contribution >= 4 is 5.91 Å². The van der Waals surface area contributed by atoms with Crippen molar-refractivity contribution in [1.29, 1.82) is 0 Å². The molecule has 0 radical (unpaired) electrons. The fourth-order valence-electron chi connectivity index (χ4n) is 2.48. The summed E-state index contributed by atoms with van der Waals surface area (Å²) in [6, 6.07) is 0. The van der Waals surface area contributed by atoms with Crippen LogP contribution in [0, 0.1) is 0 Å². The minimum absolute atomic E-state index is 0.0669. The number of nitrogens with one attached hydrogen (secondary N) is 2. The van der Waals surface area contributed by atoms with Crippen LogP contribution in [0.25, 0.3) is 0 Å². The van der Waals surface area contributed by atoms with E-state index in [1.165, 1.54) is 0 Å². The quantitative estimate of drug-likeness (QED) is 0.600. The molecule has 6 heteroatoms. The molecule has 92 valence electrons. The van der Waals surface area contributed by atoms with Gasteiger partial charge in [0.2, 0.25) is 0 Å². The second kappa shape index (κ2) is 4.12. The van der Waals surface area contributed by atoms with Crippen LogP contribution in [0.2, 0.25) is 0 Å². The van der Waals surface area contributed by atoms with E-state index in [9.17, 15) is 9.90 Å². The van der Waals surface area contributed by atoms with E-state index in [0.29, 0.717) is 31.7 Å². The summed E-state index contributed by atoms with van der Waals surface area (Å²) >= 11 is 0. The van der Waals surface area contributed by atoms with Crippen molar-refractivity contribution < 1.29 is 9.90 Å². The van der Waals surface area contributed by atoms with E-state index in [2.05, 4.69) is 15.5 Å². The first kappa shape index (κ1) is 10.7. The molecule has 1 atom stereocenters. The first-order valence-electron chi connectivity index (χ1n) is 6.00. The molecule has 1 aromatic heterocycles. The molecule has 1 fully saturated rings. The Kier molecular flexibility index (Phi) is 2.60. The lowest BCUT2D eigenvalue weighted by molar-refractivity contribution is 0.0758. The zero-order chi connectivity index (χ0) is 11.8. The van der Waals surface area contributed by atoms with Gasteiger partial charge in [-0.05, 0) is 6.42 Å². The summed E-state index contributed by atoms with van der Waals surface area (Å²) in [5.74, 6) is -0.0669. The fourth-order valence-corrected chi connectivity index (χ4v) is 2.48. The molecule has 3 N–H and O–H groups in total. The first-order valence-corrected chi connectivity index (χ1v) is 6.00. The number of rotatable bonds is 1. The molecule has 3 heterocycles. The van der Waals surface area contributed by atoms with E-state index in [1.807, 2.05) is 0 Å². The average molecular weight is 236 g/mol. The van der Waals surface area contributed by atoms with Gasteiger partial charge in [0, 0.05) is 43.9 Å². The molecule has 2 aliphatic rings. The van der Waals surface area contributed by atoms with E-state index in [1.54, 1.807) is 4.90 Å². The maximum atomic E-state index is 12.2. The van der Waals surface area contributed by atoms with Gasteiger partial charge in [0.1, 0.15) is 0 Å². The number of aliphatic hydroxyl groups excluding tert-OH is 1. The highest BCUT2D eigenvalue weighted by molar-refractivity contribution is 5.94. The summed E-state index contributed by atoms with van der Waals surface area (Å²) in [7, 11) is 0. The van der Waals surface area contributed by atoms with Crippen LogP contribution < -0.4 is 5.32 Å². The van der Waals surface area contributed by atoms with Crippen LogP contribution in [0.5, 0.6) is 0 Å². The molecule has 0 bridgehead atoms. The summed E-state index contributed by atoms with van der Waals surface area (Å²) < 4.78 is 0. The highest BCUT2D eigenvalue weighted by Crippen LogP contribution is 2.19. The average Bonchev–Trinajstić information content (AvgIpc) is 2.94. The van der Waals surface area contributed by atoms with Crippen LogP contribution >= 0.6 is 0 Å². The smallest absolute Gasteiger partial charge is 0.274 e. The number of carbonyl (C=O) groups excluding carboxylic acids is 1. The third-order valence-electron chi connectivity index (χ3n) is 3.46. The van der Waals surface area contributed by atoms with E-state index < -0.39 is 0 Å². The number of aliphatic hydroxyl groups is 1. The molecule has 0 saturated carbocycles. The Morgan fingerprint density at radius 3 is 3.18 bits per heavy atom. The molecule has 0 spiro atoms. The van der Waals surface area contributed by atoms with Crippen LogP contribution in [0.4, 0.5) is 0 Å². The Morgan fingerprint density at radius 2 is 2.41 bits per heavy atom. The molecular weight excluding hydrogens is 220 g/mol. The predicted octanol–water partition coefficient (Wildman–Crippen LogP) is -0.738. The van der Waals surface area contributed by atoms with E-state index in [-0.39, 0.29) is 12.0 Å². The number of amides is 1. The van der Waals surface area contributed by atoms with Gasteiger partial charge in [0.05, 0.1) is 6.10 Å². The Morgan fingerprint density at radius 1 is 1.53 bits per heavy atom. The number of hydrogen-bond acceptors (Lipinski definition) is 4. The van der Waals surface area contributed by atoms with Crippen molar-refractivity contribution in [2.24, 2.45) is 0 Å². The number of H-pyrrole nitrogens is 1. The number of carbonyl (C=O) groups is 1. The molecular formula is C11H16N4O2.